The maximum absolute atomic E-state index is 13.8. The van der Waals surface area contributed by atoms with Crippen molar-refractivity contribution < 1.29 is 38.3 Å². The number of nitrogens with one attached hydrogen (secondary N) is 2. The molecule has 0 unspecified atom stereocenters. The van der Waals surface area contributed by atoms with Crippen LogP contribution in [0.4, 0.5) is 14.9 Å². The van der Waals surface area contributed by atoms with Gasteiger partial charge in [-0.25, -0.2) is 14.0 Å². The van der Waals surface area contributed by atoms with E-state index in [2.05, 4.69) is 10.6 Å². The molecule has 1 aliphatic heterocycles. The summed E-state index contributed by atoms with van der Waals surface area (Å²) in [5.74, 6) is -3.80. The highest BCUT2D eigenvalue weighted by Crippen LogP contribution is 2.28. The topological polar surface area (TPSA) is 168 Å². The first kappa shape index (κ1) is 28.0. The Morgan fingerprint density at radius 2 is 2.03 bits per heavy atom. The van der Waals surface area contributed by atoms with Gasteiger partial charge >= 0.3 is 12.0 Å². The summed E-state index contributed by atoms with van der Waals surface area (Å²) in [6.45, 7) is 1.17. The number of nitrogens with zero attached hydrogens (tertiary/aromatic N) is 2. The van der Waals surface area contributed by atoms with Crippen molar-refractivity contribution in [3.8, 4) is 5.75 Å². The summed E-state index contributed by atoms with van der Waals surface area (Å²) >= 11 is 0. The average molecular weight is 531 g/mol. The number of methoxy groups -OCH3 is 1. The fraction of sp³-hybridized carbons (Fsp3) is 0.360. The van der Waals surface area contributed by atoms with Gasteiger partial charge in [0, 0.05) is 12.6 Å². The molecule has 13 heteroatoms. The van der Waals surface area contributed by atoms with Crippen molar-refractivity contribution in [3.05, 3.63) is 69.0 Å². The van der Waals surface area contributed by atoms with E-state index in [9.17, 15) is 38.8 Å². The molecule has 1 saturated heterocycles. The van der Waals surface area contributed by atoms with E-state index in [1.807, 2.05) is 6.92 Å². The normalized spacial score (nSPS) is 16.3. The van der Waals surface area contributed by atoms with Gasteiger partial charge in [-0.05, 0) is 48.2 Å². The van der Waals surface area contributed by atoms with Gasteiger partial charge in [0.1, 0.15) is 23.7 Å². The molecule has 3 N–H and O–H groups in total. The number of hydrogen-bond acceptors (Lipinski definition) is 7. The van der Waals surface area contributed by atoms with Crippen LogP contribution in [0.2, 0.25) is 0 Å². The van der Waals surface area contributed by atoms with Gasteiger partial charge in [0.05, 0.1) is 24.0 Å². The number of carbonyl (C=O) groups excluding carboxylic acids is 3. The van der Waals surface area contributed by atoms with Crippen LogP contribution >= 0.6 is 0 Å². The molecule has 12 nitrogen and oxygen atoms in total. The van der Waals surface area contributed by atoms with E-state index in [0.717, 1.165) is 17.0 Å². The molecule has 3 rings (SSSR count). The van der Waals surface area contributed by atoms with E-state index in [1.165, 1.54) is 31.4 Å². The molecule has 0 radical (unpaired) electrons. The van der Waals surface area contributed by atoms with Crippen molar-refractivity contribution in [3.63, 3.8) is 0 Å². The van der Waals surface area contributed by atoms with Crippen molar-refractivity contribution >= 4 is 29.5 Å². The number of carbonyl (C=O) groups is 4. The van der Waals surface area contributed by atoms with Gasteiger partial charge in [0.25, 0.3) is 5.69 Å². The van der Waals surface area contributed by atoms with Crippen LogP contribution in [-0.2, 0) is 16.0 Å². The minimum Gasteiger partial charge on any atom is -0.496 e. The van der Waals surface area contributed by atoms with Crippen LogP contribution in [0.1, 0.15) is 47.3 Å². The monoisotopic (exact) mass is 530 g/mol. The van der Waals surface area contributed by atoms with Crippen molar-refractivity contribution in [2.24, 2.45) is 5.92 Å². The Bertz CT molecular complexity index is 1270. The summed E-state index contributed by atoms with van der Waals surface area (Å²) in [7, 11) is 1.40. The second kappa shape index (κ2) is 12.1. The zero-order chi connectivity index (χ0) is 28.0. The zero-order valence-corrected chi connectivity index (χ0v) is 20.7. The molecule has 202 valence electrons. The average Bonchev–Trinajstić information content (AvgIpc) is 3.01. The van der Waals surface area contributed by atoms with Crippen LogP contribution < -0.4 is 15.4 Å². The Balaban J connectivity index is 1.87. The number of imide groups is 1. The number of aromatic carboxylic acids is 1. The number of ether oxygens (including phenoxy) is 1. The molecule has 2 aromatic carbocycles. The van der Waals surface area contributed by atoms with Crippen molar-refractivity contribution in [1.29, 1.82) is 0 Å². The molecular weight excluding hydrogens is 503 g/mol. The van der Waals surface area contributed by atoms with Gasteiger partial charge < -0.3 is 20.5 Å². The number of urea groups is 1. The second-order valence-electron chi connectivity index (χ2n) is 8.72. The van der Waals surface area contributed by atoms with Crippen molar-refractivity contribution in [2.75, 3.05) is 20.2 Å². The number of amides is 4. The van der Waals surface area contributed by atoms with Crippen LogP contribution in [-0.4, -0.2) is 58.9 Å². The Kier molecular flexibility index (Phi) is 8.94. The third-order valence-corrected chi connectivity index (χ3v) is 6.14. The lowest BCUT2D eigenvalue weighted by atomic mass is 9.97. The van der Waals surface area contributed by atoms with Crippen LogP contribution in [0.25, 0.3) is 0 Å². The van der Waals surface area contributed by atoms with Gasteiger partial charge in [0.2, 0.25) is 11.8 Å². The fourth-order valence-corrected chi connectivity index (χ4v) is 4.26. The lowest BCUT2D eigenvalue weighted by molar-refractivity contribution is -0.385. The number of carboxylic acids is 1. The van der Waals surface area contributed by atoms with Gasteiger partial charge in [-0.1, -0.05) is 19.4 Å². The Morgan fingerprint density at radius 3 is 2.66 bits per heavy atom. The Hall–Kier alpha value is -4.55. The van der Waals surface area contributed by atoms with Gasteiger partial charge in [0.15, 0.2) is 0 Å². The Labute approximate surface area is 216 Å². The van der Waals surface area contributed by atoms with Gasteiger partial charge in [-0.15, -0.1) is 0 Å². The summed E-state index contributed by atoms with van der Waals surface area (Å²) in [4.78, 5) is 61.6. The molecule has 0 saturated carbocycles. The molecule has 2 atom stereocenters. The highest BCUT2D eigenvalue weighted by Gasteiger charge is 2.35. The largest absolute Gasteiger partial charge is 0.496 e. The SMILES string of the molecule is CCC[C@@H](NC(=O)N1CC(=O)NC[C@@H](Cc2cc(F)ccc2OC)C1=O)c1ccc(C(=O)O)c([N+](=O)[O-])c1. The Morgan fingerprint density at radius 1 is 1.29 bits per heavy atom. The number of halogens is 1. The zero-order valence-electron chi connectivity index (χ0n) is 20.7. The van der Waals surface area contributed by atoms with E-state index in [4.69, 9.17) is 4.74 Å². The highest BCUT2D eigenvalue weighted by molar-refractivity contribution is 6.01. The molecule has 0 aromatic heterocycles. The fourth-order valence-electron chi connectivity index (χ4n) is 4.26. The van der Waals surface area contributed by atoms with Crippen LogP contribution in [0.5, 0.6) is 5.75 Å². The summed E-state index contributed by atoms with van der Waals surface area (Å²) in [5.41, 5.74) is -0.489. The van der Waals surface area contributed by atoms with Crippen molar-refractivity contribution in [1.82, 2.24) is 15.5 Å². The smallest absolute Gasteiger partial charge is 0.342 e. The lowest BCUT2D eigenvalue weighted by Crippen LogP contribution is -2.48. The van der Waals surface area contributed by atoms with Crippen molar-refractivity contribution in [2.45, 2.75) is 32.2 Å². The van der Waals surface area contributed by atoms with Crippen LogP contribution in [0.15, 0.2) is 36.4 Å². The number of hydrogen-bond donors (Lipinski definition) is 3. The minimum atomic E-state index is -1.47. The first-order valence-electron chi connectivity index (χ1n) is 11.8. The number of rotatable bonds is 9. The number of carboxylic acid groups (broad SMARTS) is 1. The molecular formula is C25H27FN4O8. The summed E-state index contributed by atoms with van der Waals surface area (Å²) in [6.07, 6.45) is 0.842. The van der Waals surface area contributed by atoms with Gasteiger partial charge in [-0.3, -0.25) is 24.6 Å². The van der Waals surface area contributed by atoms with Crippen LogP contribution in [0, 0.1) is 21.8 Å². The third kappa shape index (κ3) is 6.41. The maximum atomic E-state index is 13.8. The molecule has 38 heavy (non-hydrogen) atoms. The molecule has 0 spiro atoms. The lowest BCUT2D eigenvalue weighted by Gasteiger charge is -2.26. The molecule has 0 bridgehead atoms. The van der Waals surface area contributed by atoms with E-state index in [1.54, 1.807) is 0 Å². The quantitative estimate of drug-likeness (QED) is 0.328. The van der Waals surface area contributed by atoms with E-state index in [0.29, 0.717) is 24.2 Å². The van der Waals surface area contributed by atoms with Crippen LogP contribution in [0.3, 0.4) is 0 Å². The first-order chi connectivity index (χ1) is 18.0. The number of benzene rings is 2. The minimum absolute atomic E-state index is 0.00887. The highest BCUT2D eigenvalue weighted by atomic mass is 19.1. The van der Waals surface area contributed by atoms with Gasteiger partial charge in [-0.2, -0.15) is 0 Å². The molecule has 0 aliphatic carbocycles. The molecule has 2 aromatic rings. The first-order valence-corrected chi connectivity index (χ1v) is 11.8. The van der Waals surface area contributed by atoms with E-state index >= 15 is 0 Å². The standard InChI is InChI=1S/C25H27FN4O8/c1-3-4-19(14-5-7-18(24(33)34)20(11-14)30(36)37)28-25(35)29-13-22(31)27-12-16(23(29)32)9-15-10-17(26)6-8-21(15)38-2/h5-8,10-11,16,19H,3-4,9,12-13H2,1-2H3,(H,27,31)(H,28,35)(H,33,34)/t16-,19-/m1/s1. The predicted molar refractivity (Wildman–Crippen MR) is 131 cm³/mol. The maximum Gasteiger partial charge on any atom is 0.342 e. The molecule has 1 heterocycles. The number of nitro groups is 1. The summed E-state index contributed by atoms with van der Waals surface area (Å²) in [6, 6.07) is 5.64. The van der Waals surface area contributed by atoms with E-state index < -0.39 is 64.3 Å². The summed E-state index contributed by atoms with van der Waals surface area (Å²) in [5, 5.41) is 25.9. The second-order valence-corrected chi connectivity index (χ2v) is 8.72. The summed E-state index contributed by atoms with van der Waals surface area (Å²) < 4.78 is 19.1. The predicted octanol–water partition coefficient (Wildman–Crippen LogP) is 2.81. The molecule has 1 aliphatic rings. The molecule has 4 amide bonds. The number of nitro benzene ring substituents is 1. The third-order valence-electron chi connectivity index (χ3n) is 6.14. The van der Waals surface area contributed by atoms with E-state index in [-0.39, 0.29) is 18.5 Å². The molecule has 1 fully saturated rings.